The highest BCUT2D eigenvalue weighted by atomic mass is 16.8. The monoisotopic (exact) mass is 734 g/mol. The molecule has 3 aliphatic carbocycles. The summed E-state index contributed by atoms with van der Waals surface area (Å²) >= 11 is 0. The van der Waals surface area contributed by atoms with Crippen molar-refractivity contribution >= 4 is 0 Å². The number of hydrogen-bond acceptors (Lipinski definition) is 16. The molecule has 0 aromatic heterocycles. The van der Waals surface area contributed by atoms with E-state index in [0.717, 1.165) is 31.3 Å². The Morgan fingerprint density at radius 1 is 0.647 bits per heavy atom. The normalized spacial score (nSPS) is 53.7. The molecule has 18 unspecified atom stereocenters. The molecule has 21 atom stereocenters. The molecular formula is C35H58O16. The summed E-state index contributed by atoms with van der Waals surface area (Å²) in [5.74, 6) is 1.95. The molecule has 3 heterocycles. The highest BCUT2D eigenvalue weighted by Crippen LogP contribution is 2.61. The predicted octanol–water partition coefficient (Wildman–Crippen LogP) is -2.36. The smallest absolute Gasteiger partial charge is 0.187 e. The average molecular weight is 735 g/mol. The average Bonchev–Trinajstić information content (AvgIpc) is 3.11. The zero-order valence-corrected chi connectivity index (χ0v) is 29.2. The molecule has 16 heteroatoms. The van der Waals surface area contributed by atoms with Gasteiger partial charge in [0.25, 0.3) is 0 Å². The zero-order chi connectivity index (χ0) is 36.9. The third kappa shape index (κ3) is 7.43. The third-order valence-corrected chi connectivity index (χ3v) is 13.0. The summed E-state index contributed by atoms with van der Waals surface area (Å²) < 4.78 is 36.2. The largest absolute Gasteiger partial charge is 0.394 e. The van der Waals surface area contributed by atoms with Gasteiger partial charge < -0.3 is 79.5 Å². The molecule has 16 nitrogen and oxygen atoms in total. The Morgan fingerprint density at radius 2 is 1.18 bits per heavy atom. The van der Waals surface area contributed by atoms with Crippen molar-refractivity contribution in [3.63, 3.8) is 0 Å². The molecule has 10 N–H and O–H groups in total. The van der Waals surface area contributed by atoms with E-state index in [1.165, 1.54) is 12.8 Å². The number of ether oxygens (including phenoxy) is 6. The first-order valence-corrected chi connectivity index (χ1v) is 18.4. The second-order valence-corrected chi connectivity index (χ2v) is 16.0. The molecular weight excluding hydrogens is 676 g/mol. The first-order valence-electron chi connectivity index (χ1n) is 18.4. The summed E-state index contributed by atoms with van der Waals surface area (Å²) in [4.78, 5) is 0. The van der Waals surface area contributed by atoms with Crippen LogP contribution in [-0.2, 0) is 28.4 Å². The molecule has 0 spiro atoms. The molecule has 3 saturated carbocycles. The molecule has 0 aromatic rings. The minimum absolute atomic E-state index is 0.0983. The fourth-order valence-electron chi connectivity index (χ4n) is 10.1. The van der Waals surface area contributed by atoms with Gasteiger partial charge in [-0.2, -0.15) is 0 Å². The van der Waals surface area contributed by atoms with Crippen LogP contribution in [-0.4, -0.2) is 169 Å². The van der Waals surface area contributed by atoms with Gasteiger partial charge in [0.2, 0.25) is 0 Å². The summed E-state index contributed by atoms with van der Waals surface area (Å²) in [5, 5.41) is 105. The van der Waals surface area contributed by atoms with Crippen molar-refractivity contribution < 1.29 is 79.5 Å². The summed E-state index contributed by atoms with van der Waals surface area (Å²) in [6.45, 7) is 6.89. The van der Waals surface area contributed by atoms with E-state index >= 15 is 0 Å². The molecule has 6 rings (SSSR count). The fourth-order valence-corrected chi connectivity index (χ4v) is 10.1. The van der Waals surface area contributed by atoms with Crippen LogP contribution in [0.15, 0.2) is 12.2 Å². The van der Waals surface area contributed by atoms with E-state index in [4.69, 9.17) is 28.4 Å². The van der Waals surface area contributed by atoms with Gasteiger partial charge in [0.15, 0.2) is 18.9 Å². The van der Waals surface area contributed by atoms with Crippen LogP contribution in [0.2, 0.25) is 0 Å². The number of rotatable bonds is 9. The van der Waals surface area contributed by atoms with Crippen molar-refractivity contribution in [3.05, 3.63) is 12.2 Å². The van der Waals surface area contributed by atoms with Crippen LogP contribution in [0.4, 0.5) is 0 Å². The Balaban J connectivity index is 1.31. The first kappa shape index (κ1) is 39.8. The minimum Gasteiger partial charge on any atom is -0.394 e. The molecule has 3 aliphatic heterocycles. The Hall–Kier alpha value is -0.900. The second-order valence-electron chi connectivity index (χ2n) is 16.0. The Bertz CT molecular complexity index is 1170. The molecule has 51 heavy (non-hydrogen) atoms. The summed E-state index contributed by atoms with van der Waals surface area (Å²) in [6, 6.07) is 0. The van der Waals surface area contributed by atoms with Gasteiger partial charge in [-0.15, -0.1) is 0 Å². The maximum atomic E-state index is 11.5. The van der Waals surface area contributed by atoms with E-state index in [2.05, 4.69) is 20.4 Å². The third-order valence-electron chi connectivity index (χ3n) is 13.0. The van der Waals surface area contributed by atoms with Gasteiger partial charge in [0.1, 0.15) is 73.2 Å². The van der Waals surface area contributed by atoms with E-state index in [9.17, 15) is 51.1 Å². The SMILES string of the molecule is C=C1CC2CCC3[C@@H](C)CCC[C@@]3(C)[C@@H]2CC1OC1OC(CO)C(O)C(OC2OC(CO)C(O)C(O)C2O)C1OC1OC(CO)C(O)C(O)C1O. The van der Waals surface area contributed by atoms with Crippen LogP contribution in [0.25, 0.3) is 0 Å². The van der Waals surface area contributed by atoms with E-state index in [0.29, 0.717) is 30.1 Å². The fraction of sp³-hybridized carbons (Fsp3) is 0.943. The number of hydrogen-bond donors (Lipinski definition) is 10. The number of aliphatic hydroxyl groups excluding tert-OH is 10. The van der Waals surface area contributed by atoms with Gasteiger partial charge >= 0.3 is 0 Å². The topological polar surface area (TPSA) is 258 Å². The van der Waals surface area contributed by atoms with Crippen molar-refractivity contribution in [1.29, 1.82) is 0 Å². The molecule has 0 radical (unpaired) electrons. The Kier molecular flexibility index (Phi) is 12.5. The number of fused-ring (bicyclic) bond motifs is 3. The molecule has 0 aromatic carbocycles. The lowest BCUT2D eigenvalue weighted by atomic mass is 9.47. The molecule has 6 fully saturated rings. The summed E-state index contributed by atoms with van der Waals surface area (Å²) in [5.41, 5.74) is 0.927. The van der Waals surface area contributed by atoms with Gasteiger partial charge in [-0.05, 0) is 66.8 Å². The Labute approximate surface area is 297 Å². The minimum atomic E-state index is -1.87. The highest BCUT2D eigenvalue weighted by Gasteiger charge is 2.57. The quantitative estimate of drug-likeness (QED) is 0.0878. The van der Waals surface area contributed by atoms with Crippen molar-refractivity contribution in [3.8, 4) is 0 Å². The first-order chi connectivity index (χ1) is 24.2. The Morgan fingerprint density at radius 3 is 1.75 bits per heavy atom. The summed E-state index contributed by atoms with van der Waals surface area (Å²) in [6.07, 6.45) is -18.1. The summed E-state index contributed by atoms with van der Waals surface area (Å²) in [7, 11) is 0. The molecule has 294 valence electrons. The van der Waals surface area contributed by atoms with Crippen LogP contribution in [0, 0.1) is 29.1 Å². The molecule has 0 bridgehead atoms. The van der Waals surface area contributed by atoms with Crippen LogP contribution >= 0.6 is 0 Å². The zero-order valence-electron chi connectivity index (χ0n) is 29.2. The van der Waals surface area contributed by atoms with Gasteiger partial charge in [0.05, 0.1) is 25.9 Å². The van der Waals surface area contributed by atoms with Crippen molar-refractivity contribution in [1.82, 2.24) is 0 Å². The standard InChI is InChI=1S/C35H58O16/c1-14-5-4-8-35(3)17(14)7-6-16-9-15(2)19(10-18(16)35)46-34-31(51-33-29(45)27(43)24(40)21(12-37)48-33)30(25(41)22(13-38)49-34)50-32-28(44)26(42)23(39)20(11-36)47-32/h14,16-34,36-45H,2,4-13H2,1,3H3/t14-,16?,17?,18+,19?,20?,21?,22?,23?,24?,25?,26?,27?,28?,29?,30?,31?,32?,33?,34?,35+/m0/s1. The van der Waals surface area contributed by atoms with Crippen LogP contribution in [0.5, 0.6) is 0 Å². The number of aliphatic hydroxyl groups is 10. The van der Waals surface area contributed by atoms with Gasteiger partial charge in [-0.25, -0.2) is 0 Å². The second kappa shape index (κ2) is 16.1. The van der Waals surface area contributed by atoms with Gasteiger partial charge in [-0.3, -0.25) is 0 Å². The van der Waals surface area contributed by atoms with Crippen LogP contribution in [0.3, 0.4) is 0 Å². The van der Waals surface area contributed by atoms with E-state index in [1.807, 2.05) is 0 Å². The maximum absolute atomic E-state index is 11.5. The molecule has 6 aliphatic rings. The lowest BCUT2D eigenvalue weighted by Gasteiger charge is -2.59. The predicted molar refractivity (Wildman–Crippen MR) is 173 cm³/mol. The molecule has 3 saturated heterocycles. The van der Waals surface area contributed by atoms with Crippen LogP contribution in [0.1, 0.15) is 58.8 Å². The van der Waals surface area contributed by atoms with Gasteiger partial charge in [-0.1, -0.05) is 33.3 Å². The van der Waals surface area contributed by atoms with Crippen molar-refractivity contribution in [2.24, 2.45) is 29.1 Å². The lowest BCUT2D eigenvalue weighted by molar-refractivity contribution is -0.395. The lowest BCUT2D eigenvalue weighted by Crippen LogP contribution is -2.67. The van der Waals surface area contributed by atoms with Crippen LogP contribution < -0.4 is 0 Å². The highest BCUT2D eigenvalue weighted by molar-refractivity contribution is 5.14. The van der Waals surface area contributed by atoms with Crippen molar-refractivity contribution in [2.75, 3.05) is 19.8 Å². The van der Waals surface area contributed by atoms with E-state index in [-0.39, 0.29) is 5.41 Å². The van der Waals surface area contributed by atoms with Crippen molar-refractivity contribution in [2.45, 2.75) is 157 Å². The molecule has 0 amide bonds. The van der Waals surface area contributed by atoms with E-state index in [1.54, 1.807) is 0 Å². The van der Waals surface area contributed by atoms with E-state index < -0.39 is 118 Å². The maximum Gasteiger partial charge on any atom is 0.187 e. The van der Waals surface area contributed by atoms with Gasteiger partial charge in [0, 0.05) is 0 Å².